The third kappa shape index (κ3) is 2.84. The Labute approximate surface area is 166 Å². The normalized spacial score (nSPS) is 18.8. The van der Waals surface area contributed by atoms with Crippen LogP contribution in [-0.2, 0) is 25.5 Å². The molecule has 4 rings (SSSR count). The first kappa shape index (κ1) is 19.4. The van der Waals surface area contributed by atoms with Gasteiger partial charge in [0.15, 0.2) is 0 Å². The van der Waals surface area contributed by atoms with Gasteiger partial charge in [-0.15, -0.1) is 0 Å². The summed E-state index contributed by atoms with van der Waals surface area (Å²) in [6.07, 6.45) is 5.69. The predicted octanol–water partition coefficient (Wildman–Crippen LogP) is 2.35. The summed E-state index contributed by atoms with van der Waals surface area (Å²) in [4.78, 5) is 4.50. The molecule has 9 heteroatoms. The quantitative estimate of drug-likeness (QED) is 0.756. The second-order valence-corrected chi connectivity index (χ2v) is 11.6. The minimum Gasteiger partial charge on any atom is -0.249 e. The minimum atomic E-state index is -3.84. The number of aromatic nitrogens is 1. The molecule has 0 atom stereocenters. The van der Waals surface area contributed by atoms with E-state index in [0.717, 1.165) is 35.6 Å². The van der Waals surface area contributed by atoms with E-state index in [1.807, 2.05) is 12.1 Å². The molecule has 7 nitrogen and oxygen atoms in total. The lowest BCUT2D eigenvalue weighted by Gasteiger charge is -2.25. The molecule has 0 N–H and O–H groups in total. The van der Waals surface area contributed by atoms with E-state index in [4.69, 9.17) is 0 Å². The summed E-state index contributed by atoms with van der Waals surface area (Å²) in [5.74, 6) is 0.495. The second kappa shape index (κ2) is 6.53. The van der Waals surface area contributed by atoms with E-state index in [9.17, 15) is 16.8 Å². The minimum absolute atomic E-state index is 0.0589. The van der Waals surface area contributed by atoms with Crippen molar-refractivity contribution in [2.24, 2.45) is 0 Å². The summed E-state index contributed by atoms with van der Waals surface area (Å²) in [5.41, 5.74) is 0.841. The first-order valence-electron chi connectivity index (χ1n) is 9.19. The molecule has 2 aromatic rings. The molecule has 1 spiro atoms. The molecule has 1 saturated carbocycles. The van der Waals surface area contributed by atoms with Crippen LogP contribution < -0.4 is 4.31 Å². The first-order chi connectivity index (χ1) is 13.2. The Kier molecular flexibility index (Phi) is 4.52. The lowest BCUT2D eigenvalue weighted by atomic mass is 9.82. The van der Waals surface area contributed by atoms with Crippen LogP contribution in [0.3, 0.4) is 0 Å². The van der Waals surface area contributed by atoms with Crippen LogP contribution in [-0.4, -0.2) is 46.8 Å². The molecule has 1 aliphatic carbocycles. The fourth-order valence-corrected chi connectivity index (χ4v) is 6.67. The topological polar surface area (TPSA) is 87.7 Å². The summed E-state index contributed by atoms with van der Waals surface area (Å²) in [6.45, 7) is 0.388. The Morgan fingerprint density at radius 3 is 2.18 bits per heavy atom. The molecule has 28 heavy (non-hydrogen) atoms. The van der Waals surface area contributed by atoms with Gasteiger partial charge in [0.05, 0.1) is 9.79 Å². The summed E-state index contributed by atoms with van der Waals surface area (Å²) in [7, 11) is -4.57. The smallest absolute Gasteiger partial charge is 0.249 e. The number of rotatable bonds is 4. The van der Waals surface area contributed by atoms with Gasteiger partial charge in [-0.25, -0.2) is 30.4 Å². The van der Waals surface area contributed by atoms with E-state index >= 15 is 0 Å². The highest BCUT2D eigenvalue weighted by molar-refractivity contribution is 7.93. The van der Waals surface area contributed by atoms with Crippen LogP contribution in [0.1, 0.15) is 31.2 Å². The fourth-order valence-electron chi connectivity index (χ4n) is 4.24. The molecule has 150 valence electrons. The maximum Gasteiger partial charge on any atom is 0.265 e. The largest absolute Gasteiger partial charge is 0.265 e. The zero-order valence-corrected chi connectivity index (χ0v) is 17.5. The highest BCUT2D eigenvalue weighted by atomic mass is 32.2. The monoisotopic (exact) mass is 421 g/mol. The van der Waals surface area contributed by atoms with E-state index in [-0.39, 0.29) is 15.2 Å². The van der Waals surface area contributed by atoms with Gasteiger partial charge in [0.2, 0.25) is 10.0 Å². The van der Waals surface area contributed by atoms with Gasteiger partial charge in [-0.1, -0.05) is 18.9 Å². The number of pyridine rings is 1. The van der Waals surface area contributed by atoms with Gasteiger partial charge in [0.25, 0.3) is 10.0 Å². The van der Waals surface area contributed by atoms with Crippen molar-refractivity contribution in [3.8, 4) is 0 Å². The molecule has 2 heterocycles. The first-order valence-corrected chi connectivity index (χ1v) is 12.1. The van der Waals surface area contributed by atoms with Gasteiger partial charge in [0, 0.05) is 37.8 Å². The number of benzene rings is 1. The summed E-state index contributed by atoms with van der Waals surface area (Å²) >= 11 is 0. The van der Waals surface area contributed by atoms with Crippen molar-refractivity contribution in [1.29, 1.82) is 0 Å². The van der Waals surface area contributed by atoms with Crippen molar-refractivity contribution >= 4 is 25.9 Å². The van der Waals surface area contributed by atoms with Crippen molar-refractivity contribution in [3.05, 3.63) is 48.2 Å². The van der Waals surface area contributed by atoms with Gasteiger partial charge in [-0.2, -0.15) is 0 Å². The zero-order chi connectivity index (χ0) is 20.2. The number of sulfonamides is 2. The Bertz CT molecular complexity index is 1100. The molecule has 0 bridgehead atoms. The van der Waals surface area contributed by atoms with Crippen molar-refractivity contribution in [2.45, 2.75) is 40.9 Å². The fraction of sp³-hybridized carbons (Fsp3) is 0.421. The molecule has 0 amide bonds. The summed E-state index contributed by atoms with van der Waals surface area (Å²) in [6, 6.07) is 9.22. The van der Waals surface area contributed by atoms with Crippen LogP contribution in [0.25, 0.3) is 0 Å². The van der Waals surface area contributed by atoms with Gasteiger partial charge >= 0.3 is 0 Å². The molecule has 2 aliphatic rings. The van der Waals surface area contributed by atoms with Crippen LogP contribution in [0.4, 0.5) is 5.82 Å². The molecule has 1 aromatic heterocycles. The van der Waals surface area contributed by atoms with Gasteiger partial charge in [0.1, 0.15) is 5.82 Å². The number of fused-ring (bicyclic) bond motifs is 2. The highest BCUT2D eigenvalue weighted by Gasteiger charge is 2.48. The maximum absolute atomic E-state index is 13.4. The van der Waals surface area contributed by atoms with E-state index < -0.39 is 20.0 Å². The van der Waals surface area contributed by atoms with Crippen LogP contribution in [0.5, 0.6) is 0 Å². The lowest BCUT2D eigenvalue weighted by Crippen LogP contribution is -2.35. The Balaban J connectivity index is 1.74. The highest BCUT2D eigenvalue weighted by Crippen LogP contribution is 2.50. The predicted molar refractivity (Wildman–Crippen MR) is 106 cm³/mol. The average molecular weight is 422 g/mol. The van der Waals surface area contributed by atoms with E-state index in [0.29, 0.717) is 12.4 Å². The second-order valence-electron chi connectivity index (χ2n) is 7.63. The lowest BCUT2D eigenvalue weighted by molar-refractivity contribution is 0.477. The van der Waals surface area contributed by atoms with Crippen molar-refractivity contribution in [2.75, 3.05) is 24.9 Å². The molecular formula is C19H23N3O4S2. The molecule has 1 fully saturated rings. The third-order valence-corrected chi connectivity index (χ3v) is 9.37. The van der Waals surface area contributed by atoms with Crippen LogP contribution in [0, 0.1) is 0 Å². The Hall–Kier alpha value is -1.97. The van der Waals surface area contributed by atoms with Crippen molar-refractivity contribution < 1.29 is 16.8 Å². The van der Waals surface area contributed by atoms with E-state index in [1.165, 1.54) is 42.7 Å². The molecule has 1 aliphatic heterocycles. The number of anilines is 1. The number of nitrogens with zero attached hydrogens (tertiary/aromatic N) is 3. The summed E-state index contributed by atoms with van der Waals surface area (Å²) in [5, 5.41) is 0. The summed E-state index contributed by atoms with van der Waals surface area (Å²) < 4.78 is 53.7. The van der Waals surface area contributed by atoms with Gasteiger partial charge in [-0.3, -0.25) is 0 Å². The number of hydrogen-bond acceptors (Lipinski definition) is 5. The maximum atomic E-state index is 13.4. The van der Waals surface area contributed by atoms with Gasteiger partial charge in [-0.05, 0) is 43.2 Å². The van der Waals surface area contributed by atoms with Crippen LogP contribution in [0.15, 0.2) is 52.4 Å². The van der Waals surface area contributed by atoms with Crippen LogP contribution in [0.2, 0.25) is 0 Å². The zero-order valence-electron chi connectivity index (χ0n) is 15.9. The van der Waals surface area contributed by atoms with Crippen molar-refractivity contribution in [1.82, 2.24) is 9.29 Å². The Morgan fingerprint density at radius 1 is 0.964 bits per heavy atom. The van der Waals surface area contributed by atoms with Gasteiger partial charge < -0.3 is 0 Å². The van der Waals surface area contributed by atoms with E-state index in [2.05, 4.69) is 4.98 Å². The van der Waals surface area contributed by atoms with Crippen LogP contribution >= 0.6 is 0 Å². The standard InChI is InChI=1S/C19H23N3O4S2/c1-21(2)27(23,24)15-7-9-16(10-8-15)28(25,26)22-14-19(11-3-4-12-19)17-6-5-13-20-18(17)22/h5-10,13H,3-4,11-12,14H2,1-2H3. The molecule has 0 saturated heterocycles. The molecular weight excluding hydrogens is 398 g/mol. The number of hydrogen-bond donors (Lipinski definition) is 0. The molecule has 1 aromatic carbocycles. The average Bonchev–Trinajstić information content (AvgIpc) is 3.28. The van der Waals surface area contributed by atoms with E-state index in [1.54, 1.807) is 6.20 Å². The van der Waals surface area contributed by atoms with Crippen molar-refractivity contribution in [3.63, 3.8) is 0 Å². The third-order valence-electron chi connectivity index (χ3n) is 5.79. The SMILES string of the molecule is CN(C)S(=O)(=O)c1ccc(S(=O)(=O)N2CC3(CCCC3)c3cccnc32)cc1. The Morgan fingerprint density at radius 2 is 1.57 bits per heavy atom. The molecule has 0 radical (unpaired) electrons. The molecule has 0 unspecified atom stereocenters.